The molecule has 0 aliphatic heterocycles. The zero-order chi connectivity index (χ0) is 17.0. The highest BCUT2D eigenvalue weighted by atomic mass is 16.5. The van der Waals surface area contributed by atoms with Crippen LogP contribution in [0.3, 0.4) is 0 Å². The molecule has 3 heterocycles. The molecule has 1 N–H and O–H groups in total. The van der Waals surface area contributed by atoms with E-state index in [1.165, 1.54) is 6.07 Å². The van der Waals surface area contributed by atoms with Gasteiger partial charge >= 0.3 is 0 Å². The van der Waals surface area contributed by atoms with Crippen LogP contribution in [0.2, 0.25) is 0 Å². The van der Waals surface area contributed by atoms with Crippen molar-refractivity contribution in [3.05, 3.63) is 58.6 Å². The van der Waals surface area contributed by atoms with Crippen LogP contribution in [-0.2, 0) is 0 Å². The van der Waals surface area contributed by atoms with E-state index < -0.39 is 0 Å². The van der Waals surface area contributed by atoms with Crippen LogP contribution in [0.1, 0.15) is 25.1 Å². The van der Waals surface area contributed by atoms with Gasteiger partial charge in [-0.25, -0.2) is 0 Å². The van der Waals surface area contributed by atoms with E-state index in [0.29, 0.717) is 34.5 Å². The van der Waals surface area contributed by atoms with Crippen LogP contribution in [0.4, 0.5) is 0 Å². The highest BCUT2D eigenvalue weighted by Crippen LogP contribution is 2.45. The Morgan fingerprint density at radius 3 is 2.92 bits per heavy atom. The molecular weight excluding hydrogens is 318 g/mol. The molecule has 4 aromatic rings. The van der Waals surface area contributed by atoms with Crippen molar-refractivity contribution in [2.24, 2.45) is 5.92 Å². The van der Waals surface area contributed by atoms with Crippen molar-refractivity contribution in [2.45, 2.75) is 19.3 Å². The molecule has 0 saturated heterocycles. The first-order valence-electron chi connectivity index (χ1n) is 8.21. The maximum Gasteiger partial charge on any atom is 0.237 e. The van der Waals surface area contributed by atoms with Gasteiger partial charge in [0.05, 0.1) is 5.52 Å². The average Bonchev–Trinajstić information content (AvgIpc) is 3.18. The Kier molecular flexibility index (Phi) is 2.91. The van der Waals surface area contributed by atoms with Crippen LogP contribution >= 0.6 is 0 Å². The normalized spacial score (nSPS) is 19.4. The van der Waals surface area contributed by atoms with Gasteiger partial charge in [-0.1, -0.05) is 6.92 Å². The molecule has 3 aromatic heterocycles. The molecule has 2 unspecified atom stereocenters. The van der Waals surface area contributed by atoms with Gasteiger partial charge in [-0.3, -0.25) is 4.79 Å². The van der Waals surface area contributed by atoms with Crippen LogP contribution in [0.5, 0.6) is 11.6 Å². The number of aromatic amines is 1. The maximum atomic E-state index is 11.8. The van der Waals surface area contributed by atoms with E-state index in [2.05, 4.69) is 27.2 Å². The smallest absolute Gasteiger partial charge is 0.237 e. The lowest BCUT2D eigenvalue weighted by atomic mass is 10.2. The molecule has 0 amide bonds. The summed E-state index contributed by atoms with van der Waals surface area (Å²) in [6, 6.07) is 10.4. The lowest BCUT2D eigenvalue weighted by Crippen LogP contribution is -2.01. The van der Waals surface area contributed by atoms with Crippen molar-refractivity contribution in [3.63, 3.8) is 0 Å². The van der Waals surface area contributed by atoms with Gasteiger partial charge in [0.15, 0.2) is 16.9 Å². The third-order valence-corrected chi connectivity index (χ3v) is 4.66. The molecule has 1 fully saturated rings. The van der Waals surface area contributed by atoms with Gasteiger partial charge < -0.3 is 9.72 Å². The van der Waals surface area contributed by atoms with Crippen LogP contribution < -0.4 is 10.2 Å². The predicted octanol–water partition coefficient (Wildman–Crippen LogP) is 2.88. The van der Waals surface area contributed by atoms with Crippen LogP contribution in [0, 0.1) is 5.92 Å². The molecular formula is C18H15N5O2. The van der Waals surface area contributed by atoms with Crippen molar-refractivity contribution in [3.8, 4) is 11.6 Å². The lowest BCUT2D eigenvalue weighted by Gasteiger charge is -2.06. The summed E-state index contributed by atoms with van der Waals surface area (Å²) in [5.74, 6) is 2.99. The fourth-order valence-electron chi connectivity index (χ4n) is 3.09. The fraction of sp³-hybridized carbons (Fsp3) is 0.222. The summed E-state index contributed by atoms with van der Waals surface area (Å²) in [6.45, 7) is 2.20. The molecule has 1 aromatic carbocycles. The molecule has 0 spiro atoms. The zero-order valence-electron chi connectivity index (χ0n) is 13.5. The highest BCUT2D eigenvalue weighted by molar-refractivity contribution is 5.79. The monoisotopic (exact) mass is 333 g/mol. The van der Waals surface area contributed by atoms with Crippen LogP contribution in [0.15, 0.2) is 47.4 Å². The minimum Gasteiger partial charge on any atom is -0.438 e. The number of ether oxygens (including phenoxy) is 1. The Balaban J connectivity index is 1.52. The molecule has 5 rings (SSSR count). The second-order valence-corrected chi connectivity index (χ2v) is 6.47. The molecule has 7 nitrogen and oxygen atoms in total. The molecule has 7 heteroatoms. The third kappa shape index (κ3) is 2.36. The molecule has 25 heavy (non-hydrogen) atoms. The first-order valence-corrected chi connectivity index (χ1v) is 8.21. The molecule has 2 atom stereocenters. The van der Waals surface area contributed by atoms with Crippen LogP contribution in [0.25, 0.3) is 16.6 Å². The number of nitrogens with one attached hydrogen (secondary N) is 1. The number of nitrogens with zero attached hydrogens (tertiary/aromatic N) is 4. The van der Waals surface area contributed by atoms with Gasteiger partial charge in [-0.15, -0.1) is 15.3 Å². The minimum absolute atomic E-state index is 0.0208. The first-order chi connectivity index (χ1) is 12.2. The van der Waals surface area contributed by atoms with E-state index in [4.69, 9.17) is 4.74 Å². The Morgan fingerprint density at radius 1 is 1.20 bits per heavy atom. The Hall–Kier alpha value is -3.22. The largest absolute Gasteiger partial charge is 0.438 e. The van der Waals surface area contributed by atoms with E-state index >= 15 is 0 Å². The topological polar surface area (TPSA) is 85.2 Å². The fourth-order valence-corrected chi connectivity index (χ4v) is 3.09. The summed E-state index contributed by atoms with van der Waals surface area (Å²) in [6.07, 6.45) is 2.74. The second-order valence-electron chi connectivity index (χ2n) is 6.47. The minimum atomic E-state index is -0.0208. The van der Waals surface area contributed by atoms with Gasteiger partial charge in [-0.05, 0) is 30.5 Å². The summed E-state index contributed by atoms with van der Waals surface area (Å²) in [5.41, 5.74) is 1.42. The number of fused-ring (bicyclic) bond motifs is 2. The predicted molar refractivity (Wildman–Crippen MR) is 91.9 cm³/mol. The number of hydrogen-bond acceptors (Lipinski definition) is 5. The van der Waals surface area contributed by atoms with Gasteiger partial charge in [0, 0.05) is 35.7 Å². The van der Waals surface area contributed by atoms with Crippen molar-refractivity contribution >= 4 is 16.6 Å². The number of benzene rings is 1. The Labute approximate surface area is 142 Å². The van der Waals surface area contributed by atoms with Crippen LogP contribution in [-0.4, -0.2) is 24.8 Å². The summed E-state index contributed by atoms with van der Waals surface area (Å²) in [5, 5.41) is 13.6. The third-order valence-electron chi connectivity index (χ3n) is 4.66. The van der Waals surface area contributed by atoms with Crippen molar-refractivity contribution < 1.29 is 4.74 Å². The van der Waals surface area contributed by atoms with E-state index in [9.17, 15) is 4.79 Å². The van der Waals surface area contributed by atoms with Gasteiger partial charge in [0.1, 0.15) is 5.75 Å². The van der Waals surface area contributed by atoms with E-state index in [1.807, 2.05) is 6.07 Å². The summed E-state index contributed by atoms with van der Waals surface area (Å²) in [4.78, 5) is 14.9. The van der Waals surface area contributed by atoms with E-state index in [-0.39, 0.29) is 5.43 Å². The molecule has 0 radical (unpaired) electrons. The highest BCUT2D eigenvalue weighted by Gasteiger charge is 2.38. The molecule has 1 aliphatic rings. The number of H-pyrrole nitrogens is 1. The molecule has 0 bridgehead atoms. The molecule has 1 saturated carbocycles. The van der Waals surface area contributed by atoms with Crippen molar-refractivity contribution in [2.75, 3.05) is 0 Å². The number of pyridine rings is 1. The summed E-state index contributed by atoms with van der Waals surface area (Å²) < 4.78 is 7.63. The Bertz CT molecular complexity index is 1160. The van der Waals surface area contributed by atoms with E-state index in [0.717, 1.165) is 17.8 Å². The van der Waals surface area contributed by atoms with Gasteiger partial charge in [0.2, 0.25) is 5.88 Å². The average molecular weight is 333 g/mol. The number of hydrogen-bond donors (Lipinski definition) is 1. The number of rotatable bonds is 3. The summed E-state index contributed by atoms with van der Waals surface area (Å²) >= 11 is 0. The molecule has 124 valence electrons. The van der Waals surface area contributed by atoms with Gasteiger partial charge in [0.25, 0.3) is 0 Å². The zero-order valence-corrected chi connectivity index (χ0v) is 13.5. The molecule has 1 aliphatic carbocycles. The SMILES string of the molecule is CC1CC1c1nnc2ccc(Oc3ccc4c(=O)cc[nH]c4c3)nn12. The second kappa shape index (κ2) is 5.14. The standard InChI is InChI=1S/C18H15N5O2/c1-10-8-13(10)18-21-20-16-4-5-17(22-23(16)18)25-11-2-3-12-14(9-11)19-7-6-15(12)24/h2-7,9-10,13H,8H2,1H3,(H,19,24). The van der Waals surface area contributed by atoms with Crippen molar-refractivity contribution in [1.29, 1.82) is 0 Å². The first kappa shape index (κ1) is 14.2. The lowest BCUT2D eigenvalue weighted by molar-refractivity contribution is 0.451. The number of aromatic nitrogens is 5. The van der Waals surface area contributed by atoms with E-state index in [1.54, 1.807) is 35.0 Å². The summed E-state index contributed by atoms with van der Waals surface area (Å²) in [7, 11) is 0. The van der Waals surface area contributed by atoms with Gasteiger partial charge in [-0.2, -0.15) is 4.52 Å². The Morgan fingerprint density at radius 2 is 2.08 bits per heavy atom. The maximum absolute atomic E-state index is 11.8. The quantitative estimate of drug-likeness (QED) is 0.623. The van der Waals surface area contributed by atoms with Crippen molar-refractivity contribution in [1.82, 2.24) is 24.8 Å².